The van der Waals surface area contributed by atoms with Crippen molar-refractivity contribution < 1.29 is 4.74 Å². The van der Waals surface area contributed by atoms with Crippen molar-refractivity contribution in [3.8, 4) is 5.75 Å². The molecule has 0 spiro atoms. The Balaban J connectivity index is 1.16. The van der Waals surface area contributed by atoms with Gasteiger partial charge in [0, 0.05) is 42.2 Å². The molecule has 2 aromatic rings. The number of unbranched alkanes of at least 4 members (excludes halogenated alkanes) is 1. The molecule has 1 N–H and O–H groups in total. The topological polar surface area (TPSA) is 44.4 Å². The second-order valence-electron chi connectivity index (χ2n) is 7.73. The number of ether oxygens (including phenoxy) is 1. The van der Waals surface area contributed by atoms with Crippen molar-refractivity contribution in [2.75, 3.05) is 39.3 Å². The van der Waals surface area contributed by atoms with E-state index in [0.29, 0.717) is 0 Å². The molecule has 0 bridgehead atoms. The Hall–Kier alpha value is -1.53. The molecule has 2 heterocycles. The fraction of sp³-hybridized carbons (Fsp3) is 0.500. The first-order chi connectivity index (χ1) is 14.2. The summed E-state index contributed by atoms with van der Waals surface area (Å²) in [5.41, 5.74) is 1.01. The summed E-state index contributed by atoms with van der Waals surface area (Å²) in [6, 6.07) is 6.26. The maximum atomic E-state index is 6.52. The summed E-state index contributed by atoms with van der Waals surface area (Å²) < 4.78 is 5.90. The normalized spacial score (nSPS) is 23.9. The number of fused-ring (bicyclic) bond motifs is 1. The summed E-state index contributed by atoms with van der Waals surface area (Å²) in [6.45, 7) is 6.17. The van der Waals surface area contributed by atoms with Crippen molar-refractivity contribution in [3.05, 3.63) is 47.7 Å². The zero-order chi connectivity index (χ0) is 20.1. The number of alkyl halides is 1. The van der Waals surface area contributed by atoms with Crippen LogP contribution in [0.1, 0.15) is 19.3 Å². The number of benzene rings is 1. The molecule has 2 unspecified atom stereocenters. The van der Waals surface area contributed by atoms with Crippen molar-refractivity contribution in [2.24, 2.45) is 0 Å². The number of aromatic nitrogens is 2. The van der Waals surface area contributed by atoms with Crippen LogP contribution >= 0.6 is 23.2 Å². The van der Waals surface area contributed by atoms with E-state index in [1.807, 2.05) is 36.5 Å². The molecule has 7 heteroatoms. The molecule has 29 heavy (non-hydrogen) atoms. The third kappa shape index (κ3) is 5.34. The minimum Gasteiger partial charge on any atom is -0.494 e. The van der Waals surface area contributed by atoms with Crippen LogP contribution < -0.4 is 4.74 Å². The fourth-order valence-corrected chi connectivity index (χ4v) is 4.58. The molecule has 156 valence electrons. The molecule has 4 rings (SSSR count). The minimum absolute atomic E-state index is 0.133. The summed E-state index contributed by atoms with van der Waals surface area (Å²) in [4.78, 5) is 5.03. The van der Waals surface area contributed by atoms with Crippen LogP contribution in [-0.4, -0.2) is 70.7 Å². The first-order valence-corrected chi connectivity index (χ1v) is 11.2. The molecule has 0 saturated carbocycles. The van der Waals surface area contributed by atoms with Crippen LogP contribution in [0.25, 0.3) is 10.9 Å². The quantitative estimate of drug-likeness (QED) is 0.517. The number of rotatable bonds is 7. The molecule has 1 saturated heterocycles. The van der Waals surface area contributed by atoms with Gasteiger partial charge in [-0.25, -0.2) is 0 Å². The van der Waals surface area contributed by atoms with Crippen LogP contribution in [0.3, 0.4) is 0 Å². The van der Waals surface area contributed by atoms with E-state index in [0.717, 1.165) is 80.3 Å². The molecule has 2 atom stereocenters. The van der Waals surface area contributed by atoms with Crippen LogP contribution in [-0.2, 0) is 0 Å². The molecule has 1 aliphatic carbocycles. The van der Waals surface area contributed by atoms with E-state index in [-0.39, 0.29) is 11.4 Å². The molecule has 1 aromatic heterocycles. The minimum atomic E-state index is -0.133. The Bertz CT molecular complexity index is 865. The smallest absolute Gasteiger partial charge is 0.121 e. The average Bonchev–Trinajstić information content (AvgIpc) is 3.07. The van der Waals surface area contributed by atoms with Gasteiger partial charge in [-0.1, -0.05) is 23.8 Å². The number of nitrogens with zero attached hydrogens (tertiary/aromatic N) is 3. The van der Waals surface area contributed by atoms with E-state index >= 15 is 0 Å². The lowest BCUT2D eigenvalue weighted by Gasteiger charge is -2.33. The van der Waals surface area contributed by atoms with Crippen LogP contribution in [0.5, 0.6) is 5.75 Å². The number of aromatic amines is 1. The maximum Gasteiger partial charge on any atom is 0.121 e. The lowest BCUT2D eigenvalue weighted by atomic mass is 10.1. The zero-order valence-corrected chi connectivity index (χ0v) is 18.1. The summed E-state index contributed by atoms with van der Waals surface area (Å²) in [6.07, 6.45) is 11.3. The van der Waals surface area contributed by atoms with E-state index in [9.17, 15) is 0 Å². The third-order valence-electron chi connectivity index (χ3n) is 5.72. The van der Waals surface area contributed by atoms with Gasteiger partial charge in [0.05, 0.1) is 23.7 Å². The largest absolute Gasteiger partial charge is 0.494 e. The monoisotopic (exact) mass is 434 g/mol. The fourth-order valence-electron chi connectivity index (χ4n) is 4.07. The van der Waals surface area contributed by atoms with Gasteiger partial charge in [-0.3, -0.25) is 10.00 Å². The molecule has 1 aromatic carbocycles. The van der Waals surface area contributed by atoms with E-state index in [4.69, 9.17) is 27.9 Å². The van der Waals surface area contributed by atoms with Crippen molar-refractivity contribution in [2.45, 2.75) is 30.7 Å². The number of hydrogen-bond donors (Lipinski definition) is 1. The second-order valence-corrected chi connectivity index (χ2v) is 8.64. The highest BCUT2D eigenvalue weighted by atomic mass is 35.5. The van der Waals surface area contributed by atoms with Gasteiger partial charge in [0.25, 0.3) is 0 Å². The van der Waals surface area contributed by atoms with Gasteiger partial charge in [-0.05, 0) is 50.6 Å². The lowest BCUT2D eigenvalue weighted by molar-refractivity contribution is 0.222. The average molecular weight is 435 g/mol. The predicted molar refractivity (Wildman–Crippen MR) is 120 cm³/mol. The Morgan fingerprint density at radius 2 is 2.10 bits per heavy atom. The van der Waals surface area contributed by atoms with Crippen LogP contribution in [0.4, 0.5) is 0 Å². The van der Waals surface area contributed by atoms with E-state index in [2.05, 4.69) is 26.1 Å². The Morgan fingerprint density at radius 3 is 3.03 bits per heavy atom. The summed E-state index contributed by atoms with van der Waals surface area (Å²) in [7, 11) is 0. The van der Waals surface area contributed by atoms with Crippen molar-refractivity contribution in [3.63, 3.8) is 0 Å². The number of nitrogens with one attached hydrogen (secondary N) is 1. The second kappa shape index (κ2) is 9.98. The van der Waals surface area contributed by atoms with Crippen LogP contribution in [0, 0.1) is 0 Å². The van der Waals surface area contributed by atoms with Gasteiger partial charge in [0.1, 0.15) is 5.75 Å². The highest BCUT2D eigenvalue weighted by molar-refractivity contribution is 6.38. The zero-order valence-electron chi connectivity index (χ0n) is 16.6. The summed E-state index contributed by atoms with van der Waals surface area (Å²) in [5, 5.41) is 8.74. The Kier molecular flexibility index (Phi) is 7.14. The molecule has 2 aliphatic rings. The van der Waals surface area contributed by atoms with Crippen molar-refractivity contribution in [1.82, 2.24) is 20.0 Å². The van der Waals surface area contributed by atoms with Gasteiger partial charge < -0.3 is 9.64 Å². The molecule has 0 amide bonds. The Morgan fingerprint density at radius 1 is 1.17 bits per heavy atom. The first-order valence-electron chi connectivity index (χ1n) is 10.4. The molecule has 1 aliphatic heterocycles. The van der Waals surface area contributed by atoms with E-state index in [1.54, 1.807) is 0 Å². The first kappa shape index (κ1) is 20.7. The SMILES string of the molecule is ClC1=CC=CC(N2CCCN(CCCCOc3ccc4cn[nH]c4c3)CC2)C1Cl. The van der Waals surface area contributed by atoms with Crippen molar-refractivity contribution >= 4 is 34.1 Å². The van der Waals surface area contributed by atoms with E-state index < -0.39 is 0 Å². The highest BCUT2D eigenvalue weighted by Gasteiger charge is 2.29. The number of H-pyrrole nitrogens is 1. The van der Waals surface area contributed by atoms with Gasteiger partial charge in [0.15, 0.2) is 0 Å². The van der Waals surface area contributed by atoms with Crippen LogP contribution in [0.2, 0.25) is 0 Å². The molecule has 0 radical (unpaired) electrons. The summed E-state index contributed by atoms with van der Waals surface area (Å²) in [5.74, 6) is 0.899. The highest BCUT2D eigenvalue weighted by Crippen LogP contribution is 2.27. The van der Waals surface area contributed by atoms with Gasteiger partial charge in [-0.15, -0.1) is 11.6 Å². The number of halogens is 2. The standard InChI is InChI=1S/C22H28Cl2N4O/c23-19-5-3-6-21(22(19)24)28-11-4-10-27(12-13-28)9-1-2-14-29-18-8-7-17-16-25-26-20(17)15-18/h3,5-8,15-16,21-22H,1-2,4,9-14H2,(H,25,26). The van der Waals surface area contributed by atoms with Crippen molar-refractivity contribution in [1.29, 1.82) is 0 Å². The molecule has 1 fully saturated rings. The van der Waals surface area contributed by atoms with Gasteiger partial charge >= 0.3 is 0 Å². The molecular weight excluding hydrogens is 407 g/mol. The lowest BCUT2D eigenvalue weighted by Crippen LogP contribution is -2.43. The molecular formula is C22H28Cl2N4O. The predicted octanol–water partition coefficient (Wildman–Crippen LogP) is 4.40. The Labute approximate surface area is 182 Å². The maximum absolute atomic E-state index is 6.52. The van der Waals surface area contributed by atoms with Crippen LogP contribution in [0.15, 0.2) is 47.7 Å². The number of allylic oxidation sites excluding steroid dienone is 2. The van der Waals surface area contributed by atoms with Gasteiger partial charge in [-0.2, -0.15) is 5.10 Å². The van der Waals surface area contributed by atoms with Gasteiger partial charge in [0.2, 0.25) is 0 Å². The summed E-state index contributed by atoms with van der Waals surface area (Å²) >= 11 is 12.8. The molecule has 5 nitrogen and oxygen atoms in total. The van der Waals surface area contributed by atoms with E-state index in [1.165, 1.54) is 0 Å². The number of hydrogen-bond acceptors (Lipinski definition) is 4. The third-order valence-corrected chi connectivity index (χ3v) is 6.69.